The number of nitrogens with zero attached hydrogens (tertiary/aromatic N) is 3. The van der Waals surface area contributed by atoms with Gasteiger partial charge in [-0.1, -0.05) is 23.7 Å². The number of fused-ring (bicyclic) bond motifs is 2. The lowest BCUT2D eigenvalue weighted by molar-refractivity contribution is 0.618. The number of hydrogen-bond acceptors (Lipinski definition) is 5. The Morgan fingerprint density at radius 3 is 2.48 bits per heavy atom. The second-order valence-corrected chi connectivity index (χ2v) is 7.83. The first-order valence-corrected chi connectivity index (χ1v) is 10.3. The molecule has 5 rings (SSSR count). The first-order chi connectivity index (χ1) is 15.1. The molecule has 0 saturated heterocycles. The van der Waals surface area contributed by atoms with Crippen LogP contribution in [-0.2, 0) is 0 Å². The van der Waals surface area contributed by atoms with Gasteiger partial charge in [0.1, 0.15) is 17.7 Å². The van der Waals surface area contributed by atoms with Crippen LogP contribution in [0, 0.1) is 13.8 Å². The summed E-state index contributed by atoms with van der Waals surface area (Å²) in [5, 5.41) is 7.97. The molecule has 0 unspecified atom stereocenters. The first-order valence-electron chi connectivity index (χ1n) is 9.89. The van der Waals surface area contributed by atoms with Crippen LogP contribution in [0.15, 0.2) is 82.6 Å². The summed E-state index contributed by atoms with van der Waals surface area (Å²) in [4.78, 5) is 8.68. The minimum atomic E-state index is 0.649. The summed E-state index contributed by atoms with van der Waals surface area (Å²) in [6.45, 7) is 4.15. The third-order valence-electron chi connectivity index (χ3n) is 5.31. The van der Waals surface area contributed by atoms with Gasteiger partial charge in [-0.15, -0.1) is 0 Å². The van der Waals surface area contributed by atoms with Crippen LogP contribution in [-0.4, -0.2) is 9.97 Å². The van der Waals surface area contributed by atoms with Gasteiger partial charge in [-0.05, 0) is 73.5 Å². The molecule has 0 aliphatic rings. The second kappa shape index (κ2) is 7.85. The molecule has 6 heteroatoms. The first kappa shape index (κ1) is 19.3. The lowest BCUT2D eigenvalue weighted by atomic mass is 10.1. The molecule has 0 saturated carbocycles. The number of para-hydroxylation sites is 1. The molecule has 3 aromatic carbocycles. The lowest BCUT2D eigenvalue weighted by Crippen LogP contribution is -2.09. The lowest BCUT2D eigenvalue weighted by Gasteiger charge is -2.08. The normalized spacial score (nSPS) is 11.9. The minimum absolute atomic E-state index is 0.649. The Hall–Kier alpha value is -3.70. The zero-order valence-electron chi connectivity index (χ0n) is 17.1. The molecule has 0 aliphatic heterocycles. The van der Waals surface area contributed by atoms with E-state index in [0.29, 0.717) is 16.6 Å². The van der Waals surface area contributed by atoms with Crippen LogP contribution < -0.4 is 10.8 Å². The van der Waals surface area contributed by atoms with Crippen LogP contribution in [0.3, 0.4) is 0 Å². The van der Waals surface area contributed by atoms with Crippen molar-refractivity contribution in [2.45, 2.75) is 13.8 Å². The Labute approximate surface area is 184 Å². The minimum Gasteiger partial charge on any atom is -0.456 e. The predicted molar refractivity (Wildman–Crippen MR) is 125 cm³/mol. The summed E-state index contributed by atoms with van der Waals surface area (Å²) < 4.78 is 6.23. The van der Waals surface area contributed by atoms with Crippen molar-refractivity contribution in [3.05, 3.63) is 94.6 Å². The standard InChI is InChI=1S/C25H19ClN4O/c1-15-11-20-22(29-30-25-19-5-3-4-6-21(19)27-14-28-25)13-23(31-24(20)12-16(15)2)17-7-9-18(26)10-8-17/h3-14H,1-2H3,(H,27,28,30). The molecule has 0 aliphatic carbocycles. The molecule has 5 aromatic rings. The van der Waals surface area contributed by atoms with E-state index >= 15 is 0 Å². The molecule has 0 atom stereocenters. The largest absolute Gasteiger partial charge is 0.456 e. The maximum absolute atomic E-state index is 6.23. The summed E-state index contributed by atoms with van der Waals surface area (Å²) in [6, 6.07) is 21.5. The van der Waals surface area contributed by atoms with E-state index in [2.05, 4.69) is 35.3 Å². The van der Waals surface area contributed by atoms with Crippen molar-refractivity contribution in [3.63, 3.8) is 0 Å². The monoisotopic (exact) mass is 426 g/mol. The molecule has 2 heterocycles. The van der Waals surface area contributed by atoms with Gasteiger partial charge in [-0.25, -0.2) is 9.97 Å². The van der Waals surface area contributed by atoms with Crippen molar-refractivity contribution in [2.24, 2.45) is 5.10 Å². The number of aryl methyl sites for hydroxylation is 2. The van der Waals surface area contributed by atoms with Gasteiger partial charge in [0.2, 0.25) is 0 Å². The fourth-order valence-corrected chi connectivity index (χ4v) is 3.61. The fourth-order valence-electron chi connectivity index (χ4n) is 3.48. The van der Waals surface area contributed by atoms with Crippen molar-refractivity contribution >= 4 is 39.3 Å². The van der Waals surface area contributed by atoms with Crippen LogP contribution in [0.4, 0.5) is 5.82 Å². The van der Waals surface area contributed by atoms with Gasteiger partial charge in [0, 0.05) is 27.4 Å². The number of aromatic nitrogens is 2. The van der Waals surface area contributed by atoms with Gasteiger partial charge in [-0.3, -0.25) is 5.43 Å². The second-order valence-electron chi connectivity index (χ2n) is 7.40. The van der Waals surface area contributed by atoms with E-state index in [4.69, 9.17) is 21.1 Å². The molecular formula is C25H19ClN4O. The molecule has 0 radical (unpaired) electrons. The Morgan fingerprint density at radius 2 is 1.65 bits per heavy atom. The zero-order valence-corrected chi connectivity index (χ0v) is 17.8. The quantitative estimate of drug-likeness (QED) is 0.347. The summed E-state index contributed by atoms with van der Waals surface area (Å²) in [7, 11) is 0. The van der Waals surface area contributed by atoms with Crippen LogP contribution in [0.25, 0.3) is 33.2 Å². The Balaban J connectivity index is 1.70. The summed E-state index contributed by atoms with van der Waals surface area (Å²) >= 11 is 6.06. The van der Waals surface area contributed by atoms with Gasteiger partial charge in [-0.2, -0.15) is 5.10 Å². The average Bonchev–Trinajstić information content (AvgIpc) is 2.79. The number of rotatable bonds is 3. The van der Waals surface area contributed by atoms with E-state index in [1.54, 1.807) is 0 Å². The van der Waals surface area contributed by atoms with Crippen molar-refractivity contribution in [1.29, 1.82) is 0 Å². The van der Waals surface area contributed by atoms with E-state index in [-0.39, 0.29) is 0 Å². The molecule has 0 fully saturated rings. The van der Waals surface area contributed by atoms with Crippen molar-refractivity contribution in [2.75, 3.05) is 5.43 Å². The fraction of sp³-hybridized carbons (Fsp3) is 0.0800. The molecule has 31 heavy (non-hydrogen) atoms. The molecule has 5 nitrogen and oxygen atoms in total. The number of anilines is 1. The van der Waals surface area contributed by atoms with Crippen LogP contribution >= 0.6 is 11.6 Å². The maximum Gasteiger partial charge on any atom is 0.157 e. The highest BCUT2D eigenvalue weighted by Crippen LogP contribution is 2.25. The summed E-state index contributed by atoms with van der Waals surface area (Å²) in [5.74, 6) is 1.36. The molecule has 0 amide bonds. The van der Waals surface area contributed by atoms with Crippen molar-refractivity contribution in [3.8, 4) is 11.3 Å². The molecule has 2 aromatic heterocycles. The predicted octanol–water partition coefficient (Wildman–Crippen LogP) is 6.24. The molecule has 152 valence electrons. The number of nitrogens with one attached hydrogen (secondary N) is 1. The van der Waals surface area contributed by atoms with Crippen molar-refractivity contribution < 1.29 is 4.42 Å². The van der Waals surface area contributed by atoms with Gasteiger partial charge in [0.25, 0.3) is 0 Å². The topological polar surface area (TPSA) is 63.3 Å². The maximum atomic E-state index is 6.23. The van der Waals surface area contributed by atoms with Gasteiger partial charge < -0.3 is 4.42 Å². The number of benzene rings is 3. The smallest absolute Gasteiger partial charge is 0.157 e. The Kier molecular flexibility index (Phi) is 4.88. The third-order valence-corrected chi connectivity index (χ3v) is 5.57. The summed E-state index contributed by atoms with van der Waals surface area (Å²) in [6.07, 6.45) is 1.53. The van der Waals surface area contributed by atoms with E-state index < -0.39 is 0 Å². The van der Waals surface area contributed by atoms with Gasteiger partial charge in [0.15, 0.2) is 5.82 Å². The van der Waals surface area contributed by atoms with Crippen LogP contribution in [0.5, 0.6) is 0 Å². The van der Waals surface area contributed by atoms with Gasteiger partial charge >= 0.3 is 0 Å². The summed E-state index contributed by atoms with van der Waals surface area (Å²) in [5.41, 5.74) is 8.01. The van der Waals surface area contributed by atoms with E-state index in [1.807, 2.05) is 60.7 Å². The molecule has 0 bridgehead atoms. The molecular weight excluding hydrogens is 408 g/mol. The highest BCUT2D eigenvalue weighted by molar-refractivity contribution is 6.30. The van der Waals surface area contributed by atoms with Crippen LogP contribution in [0.2, 0.25) is 5.02 Å². The third kappa shape index (κ3) is 3.76. The van der Waals surface area contributed by atoms with Crippen LogP contribution in [0.1, 0.15) is 11.1 Å². The van der Waals surface area contributed by atoms with Crippen molar-refractivity contribution in [1.82, 2.24) is 9.97 Å². The van der Waals surface area contributed by atoms with Gasteiger partial charge in [0.05, 0.1) is 10.9 Å². The van der Waals surface area contributed by atoms with E-state index in [9.17, 15) is 0 Å². The van der Waals surface area contributed by atoms with E-state index in [0.717, 1.165) is 38.4 Å². The molecule has 1 N–H and O–H groups in total. The molecule has 0 spiro atoms. The average molecular weight is 427 g/mol. The highest BCUT2D eigenvalue weighted by Gasteiger charge is 2.09. The number of hydrogen-bond donors (Lipinski definition) is 1. The SMILES string of the molecule is Cc1cc2oc(-c3ccc(Cl)cc3)cc(=NNc3ncnc4ccccc34)c2cc1C. The number of halogens is 1. The Bertz CT molecular complexity index is 1480. The highest BCUT2D eigenvalue weighted by atomic mass is 35.5. The van der Waals surface area contributed by atoms with E-state index in [1.165, 1.54) is 11.9 Å². The Morgan fingerprint density at radius 1 is 0.871 bits per heavy atom. The zero-order chi connectivity index (χ0) is 21.4.